The number of carbonyl (C=O) groups is 1. The number of nitrogens with one attached hydrogen (secondary N) is 1. The van der Waals surface area contributed by atoms with Crippen LogP contribution in [0.5, 0.6) is 0 Å². The zero-order chi connectivity index (χ0) is 11.7. The van der Waals surface area contributed by atoms with E-state index in [1.165, 1.54) is 0 Å². The molecule has 0 aromatic carbocycles. The zero-order valence-electron chi connectivity index (χ0n) is 9.66. The molecule has 1 aliphatic rings. The highest BCUT2D eigenvalue weighted by Crippen LogP contribution is 2.24. The molecule has 0 bridgehead atoms. The van der Waals surface area contributed by atoms with E-state index < -0.39 is 5.97 Å². The summed E-state index contributed by atoms with van der Waals surface area (Å²) in [7, 11) is 1.84. The molecule has 2 N–H and O–H groups in total. The molecule has 1 aliphatic heterocycles. The van der Waals surface area contributed by atoms with Gasteiger partial charge in [0.2, 0.25) is 0 Å². The van der Waals surface area contributed by atoms with Gasteiger partial charge in [0.15, 0.2) is 5.69 Å². The molecule has 1 aromatic heterocycles. The number of aromatic nitrogens is 2. The van der Waals surface area contributed by atoms with Crippen LogP contribution < -0.4 is 5.32 Å². The average Bonchev–Trinajstić information content (AvgIpc) is 2.57. The summed E-state index contributed by atoms with van der Waals surface area (Å²) in [6, 6.07) is 0. The Morgan fingerprint density at radius 3 is 3.06 bits per heavy atom. The highest BCUT2D eigenvalue weighted by atomic mass is 16.4. The second-order valence-corrected chi connectivity index (χ2v) is 4.41. The van der Waals surface area contributed by atoms with Crippen LogP contribution in [0.3, 0.4) is 0 Å². The van der Waals surface area contributed by atoms with Crippen molar-refractivity contribution in [3.05, 3.63) is 17.2 Å². The number of imidazole rings is 1. The Morgan fingerprint density at radius 2 is 2.44 bits per heavy atom. The molecule has 0 spiro atoms. The van der Waals surface area contributed by atoms with E-state index in [-0.39, 0.29) is 5.69 Å². The quantitative estimate of drug-likeness (QED) is 0.798. The fraction of sp³-hybridized carbons (Fsp3) is 0.636. The maximum atomic E-state index is 11.1. The second-order valence-electron chi connectivity index (χ2n) is 4.41. The highest BCUT2D eigenvalue weighted by molar-refractivity contribution is 5.87. The molecule has 2 rings (SSSR count). The number of hydrogen-bond donors (Lipinski definition) is 2. The number of carboxylic acids is 1. The van der Waals surface area contributed by atoms with Gasteiger partial charge < -0.3 is 15.0 Å². The second kappa shape index (κ2) is 4.25. The number of aromatic carboxylic acids is 1. The van der Waals surface area contributed by atoms with Crippen molar-refractivity contribution in [2.45, 2.75) is 32.9 Å². The first-order valence-corrected chi connectivity index (χ1v) is 5.59. The first-order valence-electron chi connectivity index (χ1n) is 5.59. The first-order chi connectivity index (χ1) is 7.63. The van der Waals surface area contributed by atoms with Crippen LogP contribution in [0, 0.1) is 5.92 Å². The van der Waals surface area contributed by atoms with Crippen LogP contribution >= 0.6 is 0 Å². The van der Waals surface area contributed by atoms with Crippen LogP contribution in [0.2, 0.25) is 0 Å². The maximum absolute atomic E-state index is 11.1. The van der Waals surface area contributed by atoms with Gasteiger partial charge in [0.1, 0.15) is 5.82 Å². The summed E-state index contributed by atoms with van der Waals surface area (Å²) in [6.45, 7) is 3.66. The molecule has 88 valence electrons. The minimum atomic E-state index is -0.916. The van der Waals surface area contributed by atoms with Crippen molar-refractivity contribution in [2.75, 3.05) is 7.05 Å². The smallest absolute Gasteiger partial charge is 0.356 e. The van der Waals surface area contributed by atoms with E-state index in [0.29, 0.717) is 12.5 Å². The number of fused-ring (bicyclic) bond motifs is 1. The number of nitrogens with zero attached hydrogens (tertiary/aromatic N) is 2. The van der Waals surface area contributed by atoms with E-state index in [2.05, 4.69) is 21.8 Å². The van der Waals surface area contributed by atoms with Crippen LogP contribution in [-0.2, 0) is 19.5 Å². The summed E-state index contributed by atoms with van der Waals surface area (Å²) in [5.74, 6) is 0.465. The van der Waals surface area contributed by atoms with Crippen molar-refractivity contribution in [1.82, 2.24) is 14.9 Å². The lowest BCUT2D eigenvalue weighted by Crippen LogP contribution is -2.21. The molecule has 1 atom stereocenters. The van der Waals surface area contributed by atoms with Gasteiger partial charge in [-0.05, 0) is 25.8 Å². The Morgan fingerprint density at radius 1 is 1.69 bits per heavy atom. The monoisotopic (exact) mass is 223 g/mol. The van der Waals surface area contributed by atoms with E-state index >= 15 is 0 Å². The SMILES string of the molecule is CNCc1nc(C(=O)O)c2n1CCC(C)C2. The van der Waals surface area contributed by atoms with Crippen LogP contribution in [0.15, 0.2) is 0 Å². The molecule has 0 amide bonds. The number of hydrogen-bond acceptors (Lipinski definition) is 3. The van der Waals surface area contributed by atoms with E-state index in [1.807, 2.05) is 7.05 Å². The van der Waals surface area contributed by atoms with Gasteiger partial charge in [-0.15, -0.1) is 0 Å². The van der Waals surface area contributed by atoms with Gasteiger partial charge in [-0.2, -0.15) is 0 Å². The van der Waals surface area contributed by atoms with Gasteiger partial charge in [-0.1, -0.05) is 6.92 Å². The topological polar surface area (TPSA) is 67.2 Å². The molecule has 16 heavy (non-hydrogen) atoms. The van der Waals surface area contributed by atoms with Crippen LogP contribution in [0.4, 0.5) is 0 Å². The van der Waals surface area contributed by atoms with Gasteiger partial charge >= 0.3 is 5.97 Å². The summed E-state index contributed by atoms with van der Waals surface area (Å²) < 4.78 is 2.06. The summed E-state index contributed by atoms with van der Waals surface area (Å²) in [5, 5.41) is 12.1. The molecule has 5 nitrogen and oxygen atoms in total. The van der Waals surface area contributed by atoms with Gasteiger partial charge in [-0.25, -0.2) is 9.78 Å². The Labute approximate surface area is 94.5 Å². The van der Waals surface area contributed by atoms with Crippen LogP contribution in [-0.4, -0.2) is 27.7 Å². The van der Waals surface area contributed by atoms with E-state index in [1.54, 1.807) is 0 Å². The van der Waals surface area contributed by atoms with Crippen LogP contribution in [0.25, 0.3) is 0 Å². The molecule has 1 aromatic rings. The highest BCUT2D eigenvalue weighted by Gasteiger charge is 2.26. The largest absolute Gasteiger partial charge is 0.476 e. The summed E-state index contributed by atoms with van der Waals surface area (Å²) in [6.07, 6.45) is 1.91. The molecule has 0 radical (unpaired) electrons. The van der Waals surface area contributed by atoms with Crippen molar-refractivity contribution in [2.24, 2.45) is 5.92 Å². The third kappa shape index (κ3) is 1.82. The molecule has 0 fully saturated rings. The third-order valence-electron chi connectivity index (χ3n) is 3.08. The zero-order valence-corrected chi connectivity index (χ0v) is 9.66. The summed E-state index contributed by atoms with van der Waals surface area (Å²) in [5.41, 5.74) is 1.12. The molecule has 2 heterocycles. The normalized spacial score (nSPS) is 19.5. The fourth-order valence-corrected chi connectivity index (χ4v) is 2.25. The number of rotatable bonds is 3. The van der Waals surface area contributed by atoms with Crippen molar-refractivity contribution in [3.8, 4) is 0 Å². The van der Waals surface area contributed by atoms with Crippen molar-refractivity contribution in [3.63, 3.8) is 0 Å². The standard InChI is InChI=1S/C11H17N3O2/c1-7-3-4-14-8(5-7)10(11(15)16)13-9(14)6-12-2/h7,12H,3-6H2,1-2H3,(H,15,16). The molecule has 0 aliphatic carbocycles. The van der Waals surface area contributed by atoms with Gasteiger partial charge in [0.25, 0.3) is 0 Å². The lowest BCUT2D eigenvalue weighted by atomic mass is 9.97. The molecular weight excluding hydrogens is 206 g/mol. The van der Waals surface area contributed by atoms with Crippen molar-refractivity contribution < 1.29 is 9.90 Å². The third-order valence-corrected chi connectivity index (χ3v) is 3.08. The molecule has 0 saturated heterocycles. The Bertz CT molecular complexity index is 412. The van der Waals surface area contributed by atoms with E-state index in [0.717, 1.165) is 30.9 Å². The van der Waals surface area contributed by atoms with Crippen LogP contribution in [0.1, 0.15) is 35.4 Å². The van der Waals surface area contributed by atoms with Crippen molar-refractivity contribution in [1.29, 1.82) is 0 Å². The summed E-state index contributed by atoms with van der Waals surface area (Å²) >= 11 is 0. The van der Waals surface area contributed by atoms with Gasteiger partial charge in [-0.3, -0.25) is 0 Å². The minimum Gasteiger partial charge on any atom is -0.476 e. The molecule has 0 saturated carbocycles. The Hall–Kier alpha value is -1.36. The lowest BCUT2D eigenvalue weighted by Gasteiger charge is -2.22. The fourth-order valence-electron chi connectivity index (χ4n) is 2.25. The molecular formula is C11H17N3O2. The lowest BCUT2D eigenvalue weighted by molar-refractivity contribution is 0.0689. The minimum absolute atomic E-state index is 0.233. The average molecular weight is 223 g/mol. The predicted octanol–water partition coefficient (Wildman–Crippen LogP) is 0.883. The maximum Gasteiger partial charge on any atom is 0.356 e. The molecule has 5 heteroatoms. The van der Waals surface area contributed by atoms with Crippen molar-refractivity contribution >= 4 is 5.97 Å². The first kappa shape index (κ1) is 11.1. The van der Waals surface area contributed by atoms with E-state index in [4.69, 9.17) is 5.11 Å². The van der Waals surface area contributed by atoms with Gasteiger partial charge in [0, 0.05) is 6.54 Å². The Balaban J connectivity index is 2.44. The van der Waals surface area contributed by atoms with E-state index in [9.17, 15) is 4.79 Å². The van der Waals surface area contributed by atoms with Gasteiger partial charge in [0.05, 0.1) is 12.2 Å². The predicted molar refractivity (Wildman–Crippen MR) is 59.4 cm³/mol. The number of carboxylic acid groups (broad SMARTS) is 1. The summed E-state index contributed by atoms with van der Waals surface area (Å²) in [4.78, 5) is 15.3. The molecule has 1 unspecified atom stereocenters. The Kier molecular flexibility index (Phi) is 2.96.